The van der Waals surface area contributed by atoms with Crippen molar-refractivity contribution in [2.24, 2.45) is 5.92 Å². The number of aromatic nitrogens is 3. The Morgan fingerprint density at radius 3 is 2.44 bits per heavy atom. The highest BCUT2D eigenvalue weighted by atomic mass is 32.1. The zero-order chi connectivity index (χ0) is 19.4. The fraction of sp³-hybridized carbons (Fsp3) is 0.286. The number of carbonyl (C=O) groups is 1. The van der Waals surface area contributed by atoms with Gasteiger partial charge in [-0.1, -0.05) is 74.0 Å². The van der Waals surface area contributed by atoms with Crippen molar-refractivity contribution in [3.63, 3.8) is 0 Å². The van der Waals surface area contributed by atoms with Crippen molar-refractivity contribution in [3.05, 3.63) is 70.5 Å². The molecule has 1 amide bonds. The fourth-order valence-corrected chi connectivity index (χ4v) is 3.24. The summed E-state index contributed by atoms with van der Waals surface area (Å²) in [6.07, 6.45) is 0. The third kappa shape index (κ3) is 4.52. The molecule has 3 rings (SSSR count). The van der Waals surface area contributed by atoms with Crippen LogP contribution in [0.2, 0.25) is 0 Å². The Bertz CT molecular complexity index is 958. The van der Waals surface area contributed by atoms with E-state index in [1.165, 1.54) is 5.56 Å². The van der Waals surface area contributed by atoms with Crippen LogP contribution in [-0.4, -0.2) is 20.7 Å². The Balaban J connectivity index is 1.81. The van der Waals surface area contributed by atoms with Crippen molar-refractivity contribution in [2.45, 2.75) is 33.4 Å². The molecule has 6 heteroatoms. The smallest absolute Gasteiger partial charge is 0.240 e. The SMILES string of the molecule is Cc1ccc(-c2n[nH]c(=S)n2CC(=O)NC(c2ccccc2)C(C)C)cc1. The van der Waals surface area contributed by atoms with E-state index in [2.05, 4.69) is 29.4 Å². The molecule has 1 unspecified atom stereocenters. The molecule has 0 aliphatic rings. The highest BCUT2D eigenvalue weighted by molar-refractivity contribution is 7.71. The lowest BCUT2D eigenvalue weighted by Gasteiger charge is -2.23. The number of hydrogen-bond acceptors (Lipinski definition) is 3. The Hall–Kier alpha value is -2.73. The number of rotatable bonds is 6. The van der Waals surface area contributed by atoms with Crippen molar-refractivity contribution in [3.8, 4) is 11.4 Å². The summed E-state index contributed by atoms with van der Waals surface area (Å²) in [7, 11) is 0. The van der Waals surface area contributed by atoms with E-state index in [0.717, 1.165) is 11.1 Å². The molecule has 1 aromatic heterocycles. The Morgan fingerprint density at radius 2 is 1.81 bits per heavy atom. The first-order chi connectivity index (χ1) is 13.0. The van der Waals surface area contributed by atoms with E-state index in [0.29, 0.717) is 10.6 Å². The molecule has 140 valence electrons. The van der Waals surface area contributed by atoms with Crippen molar-refractivity contribution < 1.29 is 4.79 Å². The van der Waals surface area contributed by atoms with Gasteiger partial charge in [-0.15, -0.1) is 0 Å². The highest BCUT2D eigenvalue weighted by Gasteiger charge is 2.19. The van der Waals surface area contributed by atoms with Gasteiger partial charge in [-0.3, -0.25) is 14.5 Å². The van der Waals surface area contributed by atoms with Gasteiger partial charge < -0.3 is 5.32 Å². The summed E-state index contributed by atoms with van der Waals surface area (Å²) < 4.78 is 2.17. The first-order valence-electron chi connectivity index (χ1n) is 9.02. The van der Waals surface area contributed by atoms with Gasteiger partial charge in [-0.2, -0.15) is 5.10 Å². The first kappa shape index (κ1) is 19.0. The Morgan fingerprint density at radius 1 is 1.15 bits per heavy atom. The van der Waals surface area contributed by atoms with Crippen LogP contribution >= 0.6 is 12.2 Å². The first-order valence-corrected chi connectivity index (χ1v) is 9.43. The number of nitrogens with zero attached hydrogens (tertiary/aromatic N) is 2. The van der Waals surface area contributed by atoms with Crippen LogP contribution in [0, 0.1) is 17.6 Å². The van der Waals surface area contributed by atoms with Gasteiger partial charge in [0, 0.05) is 5.56 Å². The van der Waals surface area contributed by atoms with E-state index in [4.69, 9.17) is 12.2 Å². The lowest BCUT2D eigenvalue weighted by atomic mass is 9.96. The highest BCUT2D eigenvalue weighted by Crippen LogP contribution is 2.22. The topological polar surface area (TPSA) is 62.7 Å². The number of H-pyrrole nitrogens is 1. The second-order valence-electron chi connectivity index (χ2n) is 7.00. The maximum Gasteiger partial charge on any atom is 0.240 e. The van der Waals surface area contributed by atoms with Crippen LogP contribution in [-0.2, 0) is 11.3 Å². The Kier molecular flexibility index (Phi) is 5.86. The lowest BCUT2D eigenvalue weighted by molar-refractivity contribution is -0.122. The number of aromatic amines is 1. The van der Waals surface area contributed by atoms with Crippen molar-refractivity contribution in [1.29, 1.82) is 0 Å². The standard InChI is InChI=1S/C21H24N4OS/c1-14(2)19(16-7-5-4-6-8-16)22-18(26)13-25-20(23-24-21(25)27)17-11-9-15(3)10-12-17/h4-12,14,19H,13H2,1-3H3,(H,22,26)(H,24,27). The molecular weight excluding hydrogens is 356 g/mol. The van der Waals surface area contributed by atoms with Gasteiger partial charge in [0.25, 0.3) is 0 Å². The molecule has 1 atom stereocenters. The lowest BCUT2D eigenvalue weighted by Crippen LogP contribution is -2.34. The second-order valence-corrected chi connectivity index (χ2v) is 7.39. The van der Waals surface area contributed by atoms with Gasteiger partial charge in [0.1, 0.15) is 6.54 Å². The van der Waals surface area contributed by atoms with Crippen molar-refractivity contribution in [2.75, 3.05) is 0 Å². The molecule has 0 spiro atoms. The number of aryl methyl sites for hydroxylation is 1. The molecular formula is C21H24N4OS. The fourth-order valence-electron chi connectivity index (χ4n) is 3.05. The molecule has 0 saturated carbocycles. The number of amides is 1. The third-order valence-electron chi connectivity index (χ3n) is 4.51. The molecule has 0 aliphatic carbocycles. The van der Waals surface area contributed by atoms with Crippen LogP contribution in [0.15, 0.2) is 54.6 Å². The average Bonchev–Trinajstić information content (AvgIpc) is 3.01. The van der Waals surface area contributed by atoms with Crippen LogP contribution in [0.4, 0.5) is 0 Å². The summed E-state index contributed by atoms with van der Waals surface area (Å²) in [4.78, 5) is 12.8. The molecule has 27 heavy (non-hydrogen) atoms. The number of hydrogen-bond donors (Lipinski definition) is 2. The van der Waals surface area contributed by atoms with Crippen molar-refractivity contribution in [1.82, 2.24) is 20.1 Å². The van der Waals surface area contributed by atoms with E-state index in [9.17, 15) is 4.79 Å². The maximum atomic E-state index is 12.8. The molecule has 0 aliphatic heterocycles. The van der Waals surface area contributed by atoms with Crippen LogP contribution in [0.25, 0.3) is 11.4 Å². The van der Waals surface area contributed by atoms with Crippen LogP contribution in [0.5, 0.6) is 0 Å². The zero-order valence-electron chi connectivity index (χ0n) is 15.8. The van der Waals surface area contributed by atoms with Crippen LogP contribution < -0.4 is 5.32 Å². The van der Waals surface area contributed by atoms with Gasteiger partial charge in [0.05, 0.1) is 6.04 Å². The summed E-state index contributed by atoms with van der Waals surface area (Å²) >= 11 is 5.34. The van der Waals surface area contributed by atoms with E-state index in [-0.39, 0.29) is 24.4 Å². The van der Waals surface area contributed by atoms with Gasteiger partial charge in [-0.25, -0.2) is 0 Å². The summed E-state index contributed by atoms with van der Waals surface area (Å²) in [5.41, 5.74) is 3.18. The maximum absolute atomic E-state index is 12.8. The normalized spacial score (nSPS) is 12.1. The van der Waals surface area contributed by atoms with Crippen LogP contribution in [0.1, 0.15) is 31.0 Å². The van der Waals surface area contributed by atoms with E-state index >= 15 is 0 Å². The molecule has 0 saturated heterocycles. The average molecular weight is 381 g/mol. The summed E-state index contributed by atoms with van der Waals surface area (Å²) in [6.45, 7) is 6.34. The minimum absolute atomic E-state index is 0.0532. The number of carbonyl (C=O) groups excluding carboxylic acids is 1. The predicted molar refractivity (Wildman–Crippen MR) is 110 cm³/mol. The minimum atomic E-state index is -0.0941. The van der Waals surface area contributed by atoms with Gasteiger partial charge in [-0.05, 0) is 30.6 Å². The van der Waals surface area contributed by atoms with Gasteiger partial charge in [0.2, 0.25) is 5.91 Å². The Labute approximate surface area is 164 Å². The third-order valence-corrected chi connectivity index (χ3v) is 4.82. The molecule has 5 nitrogen and oxygen atoms in total. The van der Waals surface area contributed by atoms with Crippen molar-refractivity contribution >= 4 is 18.1 Å². The largest absolute Gasteiger partial charge is 0.347 e. The summed E-state index contributed by atoms with van der Waals surface area (Å²) in [6, 6.07) is 18.0. The molecule has 2 N–H and O–H groups in total. The van der Waals surface area contributed by atoms with Gasteiger partial charge in [0.15, 0.2) is 10.6 Å². The minimum Gasteiger partial charge on any atom is -0.347 e. The van der Waals surface area contributed by atoms with Crippen LogP contribution in [0.3, 0.4) is 0 Å². The monoisotopic (exact) mass is 380 g/mol. The van der Waals surface area contributed by atoms with E-state index in [1.807, 2.05) is 61.5 Å². The van der Waals surface area contributed by atoms with Gasteiger partial charge >= 0.3 is 0 Å². The number of nitrogens with one attached hydrogen (secondary N) is 2. The zero-order valence-corrected chi connectivity index (χ0v) is 16.6. The molecule has 1 heterocycles. The van der Waals surface area contributed by atoms with E-state index < -0.39 is 0 Å². The molecule has 0 fully saturated rings. The predicted octanol–water partition coefficient (Wildman–Crippen LogP) is 4.43. The summed E-state index contributed by atoms with van der Waals surface area (Å²) in [5.74, 6) is 0.838. The molecule has 0 bridgehead atoms. The number of benzene rings is 2. The molecule has 3 aromatic rings. The summed E-state index contributed by atoms with van der Waals surface area (Å²) in [5, 5.41) is 10.2. The molecule has 2 aromatic carbocycles. The van der Waals surface area contributed by atoms with E-state index in [1.54, 1.807) is 4.57 Å². The quantitative estimate of drug-likeness (QED) is 0.622. The molecule has 0 radical (unpaired) electrons. The second kappa shape index (κ2) is 8.31.